The van der Waals surface area contributed by atoms with Crippen molar-refractivity contribution in [3.05, 3.63) is 53.3 Å². The summed E-state index contributed by atoms with van der Waals surface area (Å²) < 4.78 is 5.80. The number of furan rings is 1. The average Bonchev–Trinajstić information content (AvgIpc) is 2.93. The van der Waals surface area contributed by atoms with Crippen LogP contribution in [0.25, 0.3) is 17.4 Å². The fourth-order valence-corrected chi connectivity index (χ4v) is 2.03. The molecule has 0 aliphatic rings. The Balaban J connectivity index is 2.35. The molecule has 3 nitrogen and oxygen atoms in total. The van der Waals surface area contributed by atoms with E-state index in [1.165, 1.54) is 12.5 Å². The number of hydrogen-bond acceptors (Lipinski definition) is 3. The smallest absolute Gasteiger partial charge is 0.161 e. The molecule has 0 aliphatic heterocycles. The molecular weight excluding hydrogens is 262 g/mol. The number of allylic oxidation sites excluding steroid dienone is 1. The lowest BCUT2D eigenvalue weighted by Gasteiger charge is -2.01. The molecule has 0 saturated heterocycles. The first kappa shape index (κ1) is 15.0. The van der Waals surface area contributed by atoms with Gasteiger partial charge in [-0.1, -0.05) is 29.8 Å². The molecule has 0 atom stereocenters. The number of carbonyl (C=O) groups is 1. The van der Waals surface area contributed by atoms with Crippen LogP contribution in [0.15, 0.2) is 51.4 Å². The second kappa shape index (κ2) is 6.35. The minimum atomic E-state index is -0.0219. The number of benzene rings is 1. The van der Waals surface area contributed by atoms with Gasteiger partial charge in [-0.25, -0.2) is 0 Å². The Morgan fingerprint density at radius 1 is 1.10 bits per heavy atom. The van der Waals surface area contributed by atoms with Crippen LogP contribution in [0.2, 0.25) is 0 Å². The van der Waals surface area contributed by atoms with Gasteiger partial charge in [0.2, 0.25) is 0 Å². The summed E-state index contributed by atoms with van der Waals surface area (Å²) >= 11 is 0. The van der Waals surface area contributed by atoms with Crippen molar-refractivity contribution in [1.29, 1.82) is 0 Å². The van der Waals surface area contributed by atoms with Crippen LogP contribution in [0.1, 0.15) is 25.2 Å². The third-order valence-electron chi connectivity index (χ3n) is 3.35. The zero-order valence-corrected chi connectivity index (χ0v) is 12.8. The summed E-state index contributed by atoms with van der Waals surface area (Å²) in [5, 5.41) is 0. The summed E-state index contributed by atoms with van der Waals surface area (Å²) in [6, 6.07) is 11.9. The summed E-state index contributed by atoms with van der Waals surface area (Å²) in [4.78, 5) is 15.7. The van der Waals surface area contributed by atoms with E-state index in [9.17, 15) is 4.79 Å². The predicted molar refractivity (Wildman–Crippen MR) is 86.6 cm³/mol. The van der Waals surface area contributed by atoms with Crippen LogP contribution >= 0.6 is 0 Å². The molecule has 0 spiro atoms. The number of carbonyl (C=O) groups excluding carboxylic acids is 1. The van der Waals surface area contributed by atoms with Crippen molar-refractivity contribution in [3.63, 3.8) is 0 Å². The Bertz CT molecular complexity index is 703. The maximum absolute atomic E-state index is 11.7. The summed E-state index contributed by atoms with van der Waals surface area (Å²) in [5.74, 6) is 1.42. The number of aryl methyl sites for hydroxylation is 1. The van der Waals surface area contributed by atoms with Gasteiger partial charge in [0, 0.05) is 23.9 Å². The number of aliphatic imine (C=N–C) groups is 1. The molecule has 0 saturated carbocycles. The minimum absolute atomic E-state index is 0.0219. The molecule has 2 rings (SSSR count). The highest BCUT2D eigenvalue weighted by Crippen LogP contribution is 2.24. The third kappa shape index (κ3) is 3.57. The lowest BCUT2D eigenvalue weighted by atomic mass is 10.1. The van der Waals surface area contributed by atoms with Crippen molar-refractivity contribution < 1.29 is 9.21 Å². The van der Waals surface area contributed by atoms with Gasteiger partial charge >= 0.3 is 0 Å². The monoisotopic (exact) mass is 281 g/mol. The van der Waals surface area contributed by atoms with Gasteiger partial charge in [0.25, 0.3) is 0 Å². The second-order valence-electron chi connectivity index (χ2n) is 4.99. The Hall–Kier alpha value is -2.42. The van der Waals surface area contributed by atoms with Crippen molar-refractivity contribution in [2.45, 2.75) is 20.8 Å². The Morgan fingerprint density at radius 2 is 1.76 bits per heavy atom. The van der Waals surface area contributed by atoms with Crippen LogP contribution in [0.3, 0.4) is 0 Å². The maximum atomic E-state index is 11.7. The summed E-state index contributed by atoms with van der Waals surface area (Å²) in [6.45, 7) is 5.40. The fraction of sp³-hybridized carbons (Fsp3) is 0.222. The molecule has 1 aromatic heterocycles. The first-order chi connectivity index (χ1) is 10.0. The van der Waals surface area contributed by atoms with E-state index in [4.69, 9.17) is 4.42 Å². The zero-order chi connectivity index (χ0) is 15.4. The largest absolute Gasteiger partial charge is 0.457 e. The van der Waals surface area contributed by atoms with Crippen LogP contribution in [0.4, 0.5) is 0 Å². The van der Waals surface area contributed by atoms with Gasteiger partial charge in [-0.2, -0.15) is 0 Å². The zero-order valence-electron chi connectivity index (χ0n) is 12.8. The molecule has 1 heterocycles. The second-order valence-corrected chi connectivity index (χ2v) is 4.99. The minimum Gasteiger partial charge on any atom is -0.457 e. The van der Waals surface area contributed by atoms with E-state index >= 15 is 0 Å². The molecule has 0 fully saturated rings. The number of nitrogens with zero attached hydrogens (tertiary/aromatic N) is 1. The van der Waals surface area contributed by atoms with E-state index < -0.39 is 0 Å². The molecule has 21 heavy (non-hydrogen) atoms. The SMILES string of the molecule is C/N=C(C)\C(=C/c1ccc(-c2ccc(C)cc2)o1)C(C)=O. The van der Waals surface area contributed by atoms with E-state index in [0.29, 0.717) is 17.0 Å². The van der Waals surface area contributed by atoms with E-state index in [1.807, 2.05) is 50.2 Å². The normalized spacial score (nSPS) is 12.6. The molecule has 0 radical (unpaired) electrons. The fourth-order valence-electron chi connectivity index (χ4n) is 2.03. The molecule has 2 aromatic rings. The number of ketones is 1. The number of hydrogen-bond donors (Lipinski definition) is 0. The molecule has 3 heteroatoms. The van der Waals surface area contributed by atoms with Gasteiger partial charge < -0.3 is 4.42 Å². The number of Topliss-reactive ketones (excluding diaryl/α,β-unsaturated/α-hetero) is 1. The van der Waals surface area contributed by atoms with E-state index in [1.54, 1.807) is 13.1 Å². The van der Waals surface area contributed by atoms with Gasteiger partial charge in [0.1, 0.15) is 11.5 Å². The summed E-state index contributed by atoms with van der Waals surface area (Å²) in [5.41, 5.74) is 3.50. The van der Waals surface area contributed by atoms with Crippen molar-refractivity contribution in [2.24, 2.45) is 4.99 Å². The van der Waals surface area contributed by atoms with Gasteiger partial charge in [-0.15, -0.1) is 0 Å². The highest BCUT2D eigenvalue weighted by Gasteiger charge is 2.10. The molecule has 0 unspecified atom stereocenters. The highest BCUT2D eigenvalue weighted by atomic mass is 16.3. The van der Waals surface area contributed by atoms with Crippen LogP contribution in [0.5, 0.6) is 0 Å². The van der Waals surface area contributed by atoms with Crippen LogP contribution in [0, 0.1) is 6.92 Å². The third-order valence-corrected chi connectivity index (χ3v) is 3.35. The average molecular weight is 281 g/mol. The summed E-state index contributed by atoms with van der Waals surface area (Å²) in [7, 11) is 1.67. The lowest BCUT2D eigenvalue weighted by Crippen LogP contribution is -2.06. The van der Waals surface area contributed by atoms with Gasteiger partial charge in [0.05, 0.1) is 0 Å². The standard InChI is InChI=1S/C18H19NO2/c1-12-5-7-15(8-6-12)18-10-9-16(21-18)11-17(14(3)20)13(2)19-4/h5-11H,1-4H3/b17-11+,19-13-. The molecule has 0 aliphatic carbocycles. The van der Waals surface area contributed by atoms with E-state index in [-0.39, 0.29) is 5.78 Å². The molecule has 108 valence electrons. The Kier molecular flexibility index (Phi) is 4.53. The van der Waals surface area contributed by atoms with E-state index in [0.717, 1.165) is 11.3 Å². The van der Waals surface area contributed by atoms with Gasteiger partial charge in [0.15, 0.2) is 5.78 Å². The molecule has 0 bridgehead atoms. The van der Waals surface area contributed by atoms with Crippen LogP contribution < -0.4 is 0 Å². The van der Waals surface area contributed by atoms with Gasteiger partial charge in [-0.05, 0) is 39.0 Å². The van der Waals surface area contributed by atoms with E-state index in [2.05, 4.69) is 4.99 Å². The predicted octanol–water partition coefficient (Wildman–Crippen LogP) is 4.32. The van der Waals surface area contributed by atoms with Crippen molar-refractivity contribution in [2.75, 3.05) is 7.05 Å². The first-order valence-electron chi connectivity index (χ1n) is 6.84. The van der Waals surface area contributed by atoms with Crippen LogP contribution in [-0.4, -0.2) is 18.5 Å². The van der Waals surface area contributed by atoms with Crippen molar-refractivity contribution >= 4 is 17.6 Å². The van der Waals surface area contributed by atoms with Crippen molar-refractivity contribution in [1.82, 2.24) is 0 Å². The topological polar surface area (TPSA) is 42.6 Å². The maximum Gasteiger partial charge on any atom is 0.161 e. The first-order valence-corrected chi connectivity index (χ1v) is 6.84. The summed E-state index contributed by atoms with van der Waals surface area (Å²) in [6.07, 6.45) is 1.74. The van der Waals surface area contributed by atoms with Gasteiger partial charge in [-0.3, -0.25) is 9.79 Å². The molecule has 0 N–H and O–H groups in total. The molecular formula is C18H19NO2. The molecule has 1 aromatic carbocycles. The molecule has 0 amide bonds. The number of rotatable bonds is 4. The van der Waals surface area contributed by atoms with Crippen molar-refractivity contribution in [3.8, 4) is 11.3 Å². The Labute approximate surface area is 125 Å². The van der Waals surface area contributed by atoms with Crippen LogP contribution in [-0.2, 0) is 4.79 Å². The highest BCUT2D eigenvalue weighted by molar-refractivity contribution is 6.23. The Morgan fingerprint density at radius 3 is 2.33 bits per heavy atom. The quantitative estimate of drug-likeness (QED) is 0.618. The lowest BCUT2D eigenvalue weighted by molar-refractivity contribution is -0.113.